The molecule has 1 aromatic heterocycles. The van der Waals surface area contributed by atoms with Gasteiger partial charge in [-0.2, -0.15) is 0 Å². The highest BCUT2D eigenvalue weighted by Gasteiger charge is 2.06. The molecule has 0 saturated carbocycles. The highest BCUT2D eigenvalue weighted by atomic mass is 35.5. The van der Waals surface area contributed by atoms with Gasteiger partial charge in [-0.05, 0) is 19.0 Å². The zero-order valence-corrected chi connectivity index (χ0v) is 8.14. The molecule has 0 amide bonds. The molecule has 0 saturated heterocycles. The van der Waals surface area contributed by atoms with Gasteiger partial charge in [0.05, 0.1) is 0 Å². The average Bonchev–Trinajstić information content (AvgIpc) is 2.06. The Labute approximate surface area is 83.9 Å². The van der Waals surface area contributed by atoms with E-state index in [0.717, 1.165) is 25.4 Å². The molecule has 1 N–H and O–H groups in total. The summed E-state index contributed by atoms with van der Waals surface area (Å²) in [5.74, 6) is 0.805. The summed E-state index contributed by atoms with van der Waals surface area (Å²) >= 11 is 0. The van der Waals surface area contributed by atoms with Crippen molar-refractivity contribution in [1.29, 1.82) is 0 Å². The molecule has 0 atom stereocenters. The van der Waals surface area contributed by atoms with E-state index >= 15 is 0 Å². The van der Waals surface area contributed by atoms with E-state index in [1.54, 1.807) is 6.20 Å². The van der Waals surface area contributed by atoms with E-state index in [-0.39, 0.29) is 12.4 Å². The highest BCUT2D eigenvalue weighted by molar-refractivity contribution is 5.85. The van der Waals surface area contributed by atoms with Crippen LogP contribution in [0.25, 0.3) is 0 Å². The summed E-state index contributed by atoms with van der Waals surface area (Å²) < 4.78 is 5.45. The van der Waals surface area contributed by atoms with Crippen molar-refractivity contribution in [1.82, 2.24) is 10.3 Å². The van der Waals surface area contributed by atoms with Crippen LogP contribution >= 0.6 is 12.4 Å². The van der Waals surface area contributed by atoms with Crippen molar-refractivity contribution >= 4 is 12.4 Å². The van der Waals surface area contributed by atoms with E-state index < -0.39 is 0 Å². The number of hydrogen-bond donors (Lipinski definition) is 1. The summed E-state index contributed by atoms with van der Waals surface area (Å²) in [6, 6.07) is 4.01. The molecule has 1 aliphatic heterocycles. The largest absolute Gasteiger partial charge is 0.476 e. The zero-order valence-electron chi connectivity index (χ0n) is 7.32. The fourth-order valence-corrected chi connectivity index (χ4v) is 1.31. The van der Waals surface area contributed by atoms with Crippen LogP contribution in [-0.4, -0.2) is 24.7 Å². The van der Waals surface area contributed by atoms with Crippen LogP contribution in [0, 0.1) is 0 Å². The van der Waals surface area contributed by atoms with E-state index in [2.05, 4.69) is 16.4 Å². The lowest BCUT2D eigenvalue weighted by molar-refractivity contribution is 0.292. The fourth-order valence-electron chi connectivity index (χ4n) is 1.31. The fraction of sp³-hybridized carbons (Fsp3) is 0.444. The average molecular weight is 201 g/mol. The van der Waals surface area contributed by atoms with Crippen LogP contribution in [0.2, 0.25) is 0 Å². The minimum Gasteiger partial charge on any atom is -0.476 e. The molecule has 2 heterocycles. The molecule has 0 unspecified atom stereocenters. The predicted molar refractivity (Wildman–Crippen MR) is 53.6 cm³/mol. The van der Waals surface area contributed by atoms with E-state index in [1.807, 2.05) is 6.07 Å². The third-order valence-corrected chi connectivity index (χ3v) is 1.94. The van der Waals surface area contributed by atoms with Crippen molar-refractivity contribution in [2.75, 3.05) is 19.7 Å². The summed E-state index contributed by atoms with van der Waals surface area (Å²) in [5, 5.41) is 3.28. The number of fused-ring (bicyclic) bond motifs is 1. The van der Waals surface area contributed by atoms with Gasteiger partial charge in [0.2, 0.25) is 5.88 Å². The van der Waals surface area contributed by atoms with E-state index in [4.69, 9.17) is 4.74 Å². The van der Waals surface area contributed by atoms with Crippen molar-refractivity contribution in [2.24, 2.45) is 0 Å². The van der Waals surface area contributed by atoms with Gasteiger partial charge in [0, 0.05) is 18.3 Å². The van der Waals surface area contributed by atoms with Crippen LogP contribution in [-0.2, 0) is 6.42 Å². The van der Waals surface area contributed by atoms with E-state index in [0.29, 0.717) is 6.61 Å². The second-order valence-electron chi connectivity index (χ2n) is 2.82. The Kier molecular flexibility index (Phi) is 3.99. The van der Waals surface area contributed by atoms with Crippen LogP contribution in [0.4, 0.5) is 0 Å². The molecule has 0 fully saturated rings. The van der Waals surface area contributed by atoms with Crippen LogP contribution in [0.15, 0.2) is 18.3 Å². The molecule has 0 radical (unpaired) electrons. The highest BCUT2D eigenvalue weighted by Crippen LogP contribution is 2.14. The summed E-state index contributed by atoms with van der Waals surface area (Å²) in [6.45, 7) is 2.64. The molecular formula is C9H13ClN2O. The van der Waals surface area contributed by atoms with Gasteiger partial charge in [-0.1, -0.05) is 6.07 Å². The van der Waals surface area contributed by atoms with Crippen molar-refractivity contribution in [3.05, 3.63) is 23.9 Å². The molecule has 1 aliphatic rings. The summed E-state index contributed by atoms with van der Waals surface area (Å²) in [7, 11) is 0. The Morgan fingerprint density at radius 2 is 2.31 bits per heavy atom. The second-order valence-corrected chi connectivity index (χ2v) is 2.82. The third-order valence-electron chi connectivity index (χ3n) is 1.94. The third kappa shape index (κ3) is 2.57. The lowest BCUT2D eigenvalue weighted by Gasteiger charge is -2.14. The number of rotatable bonds is 0. The molecule has 4 heteroatoms. The Morgan fingerprint density at radius 1 is 1.38 bits per heavy atom. The van der Waals surface area contributed by atoms with Gasteiger partial charge in [-0.25, -0.2) is 4.98 Å². The Balaban J connectivity index is 0.000000845. The normalized spacial score (nSPS) is 15.7. The summed E-state index contributed by atoms with van der Waals surface area (Å²) in [5.41, 5.74) is 1.20. The lowest BCUT2D eigenvalue weighted by Crippen LogP contribution is -2.26. The van der Waals surface area contributed by atoms with Crippen molar-refractivity contribution in [3.8, 4) is 5.88 Å². The van der Waals surface area contributed by atoms with E-state index in [9.17, 15) is 0 Å². The molecule has 0 aliphatic carbocycles. The van der Waals surface area contributed by atoms with E-state index in [1.165, 1.54) is 5.56 Å². The molecule has 0 aromatic carbocycles. The second kappa shape index (κ2) is 5.04. The zero-order chi connectivity index (χ0) is 8.23. The van der Waals surface area contributed by atoms with Gasteiger partial charge in [-0.3, -0.25) is 0 Å². The maximum absolute atomic E-state index is 5.45. The smallest absolute Gasteiger partial charge is 0.216 e. The number of ether oxygens (including phenoxy) is 1. The predicted octanol–water partition coefficient (Wildman–Crippen LogP) is 1.03. The Bertz CT molecular complexity index is 241. The van der Waals surface area contributed by atoms with Crippen LogP contribution in [0.3, 0.4) is 0 Å². The first-order valence-corrected chi connectivity index (χ1v) is 4.24. The first-order valence-electron chi connectivity index (χ1n) is 4.24. The number of hydrogen-bond acceptors (Lipinski definition) is 3. The Morgan fingerprint density at radius 3 is 3.23 bits per heavy atom. The lowest BCUT2D eigenvalue weighted by atomic mass is 10.2. The monoisotopic (exact) mass is 200 g/mol. The van der Waals surface area contributed by atoms with Gasteiger partial charge in [0.1, 0.15) is 6.61 Å². The summed E-state index contributed by atoms with van der Waals surface area (Å²) in [6.07, 6.45) is 2.77. The van der Waals surface area contributed by atoms with Gasteiger partial charge in [0.25, 0.3) is 0 Å². The van der Waals surface area contributed by atoms with Gasteiger partial charge < -0.3 is 10.1 Å². The number of aromatic nitrogens is 1. The minimum atomic E-state index is 0. The van der Waals surface area contributed by atoms with Gasteiger partial charge in [0.15, 0.2) is 0 Å². The van der Waals surface area contributed by atoms with Crippen molar-refractivity contribution in [3.63, 3.8) is 0 Å². The van der Waals surface area contributed by atoms with Gasteiger partial charge in [-0.15, -0.1) is 12.4 Å². The van der Waals surface area contributed by atoms with Crippen LogP contribution in [0.1, 0.15) is 5.56 Å². The molecule has 72 valence electrons. The first-order chi connectivity index (χ1) is 5.97. The topological polar surface area (TPSA) is 34.2 Å². The Hall–Kier alpha value is -0.800. The number of pyridine rings is 1. The molecule has 13 heavy (non-hydrogen) atoms. The van der Waals surface area contributed by atoms with Crippen molar-refractivity contribution < 1.29 is 4.74 Å². The van der Waals surface area contributed by atoms with Crippen molar-refractivity contribution in [2.45, 2.75) is 6.42 Å². The molecule has 2 rings (SSSR count). The SMILES string of the molecule is Cl.c1cnc2c(c1)CCNCCO2. The molecular weight excluding hydrogens is 188 g/mol. The van der Waals surface area contributed by atoms with Gasteiger partial charge >= 0.3 is 0 Å². The standard InChI is InChI=1S/C9H12N2O.ClH/c1-2-8-3-5-10-6-7-12-9(8)11-4-1;/h1-2,4,10H,3,5-7H2;1H. The minimum absolute atomic E-state index is 0. The maximum atomic E-state index is 5.45. The maximum Gasteiger partial charge on any atom is 0.216 e. The first kappa shape index (κ1) is 10.3. The van der Waals surface area contributed by atoms with Crippen LogP contribution in [0.5, 0.6) is 5.88 Å². The molecule has 0 bridgehead atoms. The number of nitrogens with one attached hydrogen (secondary N) is 1. The molecule has 0 spiro atoms. The number of nitrogens with zero attached hydrogens (tertiary/aromatic N) is 1. The number of halogens is 1. The quantitative estimate of drug-likeness (QED) is 0.679. The molecule has 1 aromatic rings. The summed E-state index contributed by atoms with van der Waals surface area (Å²) in [4.78, 5) is 4.17. The molecule has 3 nitrogen and oxygen atoms in total. The van der Waals surface area contributed by atoms with Crippen LogP contribution < -0.4 is 10.1 Å².